The summed E-state index contributed by atoms with van der Waals surface area (Å²) in [6, 6.07) is 4.22. The van der Waals surface area contributed by atoms with E-state index in [1.165, 1.54) is 46.6 Å². The molecule has 12 nitrogen and oxygen atoms in total. The molecule has 1 fully saturated rings. The van der Waals surface area contributed by atoms with Crippen LogP contribution < -0.4 is 20.1 Å². The molecule has 2 amide bonds. The number of hydrogen-bond donors (Lipinski definition) is 2. The van der Waals surface area contributed by atoms with Crippen LogP contribution in [0.3, 0.4) is 0 Å². The summed E-state index contributed by atoms with van der Waals surface area (Å²) in [4.78, 5) is 23.9. The highest BCUT2D eigenvalue weighted by atomic mass is 32.2. The molecule has 1 heterocycles. The van der Waals surface area contributed by atoms with Crippen molar-refractivity contribution < 1.29 is 41.7 Å². The summed E-state index contributed by atoms with van der Waals surface area (Å²) in [6.45, 7) is -0.00880. The molecule has 0 saturated carbocycles. The fraction of sp³-hybridized carbons (Fsp3) is 0.556. The maximum absolute atomic E-state index is 13.1. The highest BCUT2D eigenvalue weighted by molar-refractivity contribution is 7.89. The highest BCUT2D eigenvalue weighted by Crippen LogP contribution is 2.31. The molecule has 0 aliphatic carbocycles. The number of nitrogens with one attached hydrogen (secondary N) is 2. The van der Waals surface area contributed by atoms with E-state index in [1.807, 2.05) is 0 Å². The molecule has 1 saturated heterocycles. The molecular weight excluding hydrogens is 434 g/mol. The van der Waals surface area contributed by atoms with Crippen LogP contribution in [-0.4, -0.2) is 91.7 Å². The van der Waals surface area contributed by atoms with E-state index in [4.69, 9.17) is 23.7 Å². The van der Waals surface area contributed by atoms with Gasteiger partial charge in [0.1, 0.15) is 6.23 Å². The number of rotatable bonds is 10. The smallest absolute Gasteiger partial charge is 0.309 e. The van der Waals surface area contributed by atoms with E-state index < -0.39 is 34.4 Å². The molecule has 174 valence electrons. The molecule has 0 unspecified atom stereocenters. The van der Waals surface area contributed by atoms with Crippen molar-refractivity contribution in [3.05, 3.63) is 18.2 Å². The molecule has 31 heavy (non-hydrogen) atoms. The third-order valence-electron chi connectivity index (χ3n) is 4.50. The molecule has 0 radical (unpaired) electrons. The summed E-state index contributed by atoms with van der Waals surface area (Å²) in [5.41, 5.74) is 0. The summed E-state index contributed by atoms with van der Waals surface area (Å²) >= 11 is 0. The Kier molecular flexibility index (Phi) is 9.00. The van der Waals surface area contributed by atoms with Crippen LogP contribution in [0.1, 0.15) is 0 Å². The van der Waals surface area contributed by atoms with Crippen molar-refractivity contribution in [1.82, 2.24) is 14.9 Å². The van der Waals surface area contributed by atoms with Crippen molar-refractivity contribution in [2.75, 3.05) is 54.7 Å². The van der Waals surface area contributed by atoms with E-state index in [1.54, 1.807) is 0 Å². The molecule has 2 N–H and O–H groups in total. The van der Waals surface area contributed by atoms with E-state index in [9.17, 15) is 18.0 Å². The molecule has 1 aliphatic rings. The maximum atomic E-state index is 13.1. The van der Waals surface area contributed by atoms with Crippen molar-refractivity contribution in [3.63, 3.8) is 0 Å². The lowest BCUT2D eigenvalue weighted by Crippen LogP contribution is -2.48. The number of ether oxygens (including phenoxy) is 5. The van der Waals surface area contributed by atoms with Crippen LogP contribution in [0.2, 0.25) is 0 Å². The van der Waals surface area contributed by atoms with Gasteiger partial charge in [0.05, 0.1) is 38.8 Å². The van der Waals surface area contributed by atoms with E-state index in [0.717, 1.165) is 4.31 Å². The van der Waals surface area contributed by atoms with Gasteiger partial charge in [-0.3, -0.25) is 9.59 Å². The van der Waals surface area contributed by atoms with Crippen molar-refractivity contribution in [3.8, 4) is 11.5 Å². The Morgan fingerprint density at radius 3 is 2.35 bits per heavy atom. The highest BCUT2D eigenvalue weighted by Gasteiger charge is 2.37. The van der Waals surface area contributed by atoms with Crippen LogP contribution in [0, 0.1) is 0 Å². The molecule has 1 atom stereocenters. The minimum absolute atomic E-state index is 0.0186. The van der Waals surface area contributed by atoms with Crippen LogP contribution in [0.25, 0.3) is 0 Å². The van der Waals surface area contributed by atoms with Crippen LogP contribution >= 0.6 is 0 Å². The second-order valence-corrected chi connectivity index (χ2v) is 8.17. The van der Waals surface area contributed by atoms with Crippen LogP contribution in [0.15, 0.2) is 23.1 Å². The molecule has 1 aromatic rings. The van der Waals surface area contributed by atoms with Crippen LogP contribution in [0.5, 0.6) is 11.5 Å². The number of sulfonamides is 1. The fourth-order valence-electron chi connectivity index (χ4n) is 2.83. The van der Waals surface area contributed by atoms with Gasteiger partial charge in [0.25, 0.3) is 0 Å². The number of benzene rings is 1. The van der Waals surface area contributed by atoms with Gasteiger partial charge < -0.3 is 34.3 Å². The molecular formula is C18H27N3O9S. The third-order valence-corrected chi connectivity index (χ3v) is 6.39. The number of carbonyl (C=O) groups excluding carboxylic acids is 2. The SMILES string of the molecule is COc1ccc(S(=O)(=O)N2CCO[C@@H]2CNC(=O)C(=O)NCC(OC)OC)cc1OC. The van der Waals surface area contributed by atoms with Gasteiger partial charge in [0.15, 0.2) is 17.8 Å². The predicted octanol–water partition coefficient (Wildman–Crippen LogP) is -1.10. The molecule has 0 aromatic heterocycles. The first kappa shape index (κ1) is 24.8. The van der Waals surface area contributed by atoms with Crippen LogP contribution in [-0.2, 0) is 33.8 Å². The van der Waals surface area contributed by atoms with Gasteiger partial charge in [-0.15, -0.1) is 0 Å². The Morgan fingerprint density at radius 2 is 1.74 bits per heavy atom. The lowest BCUT2D eigenvalue weighted by atomic mass is 10.3. The fourth-order valence-corrected chi connectivity index (χ4v) is 4.36. The van der Waals surface area contributed by atoms with Crippen molar-refractivity contribution >= 4 is 21.8 Å². The van der Waals surface area contributed by atoms with E-state index >= 15 is 0 Å². The first-order valence-corrected chi connectivity index (χ1v) is 10.7. The lowest BCUT2D eigenvalue weighted by molar-refractivity contribution is -0.142. The molecule has 2 rings (SSSR count). The van der Waals surface area contributed by atoms with Crippen LogP contribution in [0.4, 0.5) is 0 Å². The topological polar surface area (TPSA) is 142 Å². The molecule has 1 aromatic carbocycles. The summed E-state index contributed by atoms with van der Waals surface area (Å²) in [7, 11) is 1.68. The largest absolute Gasteiger partial charge is 0.493 e. The van der Waals surface area contributed by atoms with Crippen molar-refractivity contribution in [1.29, 1.82) is 0 Å². The van der Waals surface area contributed by atoms with Gasteiger partial charge in [0, 0.05) is 26.8 Å². The van der Waals surface area contributed by atoms with E-state index in [2.05, 4.69) is 10.6 Å². The normalized spacial score (nSPS) is 16.9. The van der Waals surface area contributed by atoms with Crippen molar-refractivity contribution in [2.24, 2.45) is 0 Å². The van der Waals surface area contributed by atoms with Gasteiger partial charge in [-0.05, 0) is 12.1 Å². The van der Waals surface area contributed by atoms with Gasteiger partial charge in [0.2, 0.25) is 10.0 Å². The molecule has 0 bridgehead atoms. The molecule has 0 spiro atoms. The minimum Gasteiger partial charge on any atom is -0.493 e. The first-order valence-electron chi connectivity index (χ1n) is 9.25. The summed E-state index contributed by atoms with van der Waals surface area (Å²) < 4.78 is 52.8. The van der Waals surface area contributed by atoms with Gasteiger partial charge >= 0.3 is 11.8 Å². The molecule has 1 aliphatic heterocycles. The Hall–Kier alpha value is -2.45. The number of amides is 2. The first-order chi connectivity index (χ1) is 14.8. The van der Waals surface area contributed by atoms with Gasteiger partial charge in [-0.2, -0.15) is 4.31 Å². The Morgan fingerprint density at radius 1 is 1.10 bits per heavy atom. The minimum atomic E-state index is -3.95. The Balaban J connectivity index is 2.02. The number of carbonyl (C=O) groups is 2. The van der Waals surface area contributed by atoms with E-state index in [0.29, 0.717) is 5.75 Å². The zero-order valence-corrected chi connectivity index (χ0v) is 18.6. The second kappa shape index (κ2) is 11.2. The second-order valence-electron chi connectivity index (χ2n) is 6.28. The predicted molar refractivity (Wildman–Crippen MR) is 107 cm³/mol. The lowest BCUT2D eigenvalue weighted by Gasteiger charge is -2.23. The number of nitrogens with zero attached hydrogens (tertiary/aromatic N) is 1. The van der Waals surface area contributed by atoms with E-state index in [-0.39, 0.29) is 36.9 Å². The number of hydrogen-bond acceptors (Lipinski definition) is 9. The summed E-state index contributed by atoms with van der Waals surface area (Å²) in [5, 5.41) is 4.72. The average Bonchev–Trinajstić information content (AvgIpc) is 3.27. The monoisotopic (exact) mass is 461 g/mol. The third kappa shape index (κ3) is 6.04. The summed E-state index contributed by atoms with van der Waals surface area (Å²) in [5.74, 6) is -1.20. The Bertz CT molecular complexity index is 874. The zero-order chi connectivity index (χ0) is 23.0. The number of methoxy groups -OCH3 is 4. The maximum Gasteiger partial charge on any atom is 0.309 e. The standard InChI is InChI=1S/C18H27N3O9S/c1-26-13-6-5-12(9-14(13)27-2)31(24,25)21-7-8-30-15(21)10-19-17(22)18(23)20-11-16(28-3)29-4/h5-6,9,15-16H,7-8,10-11H2,1-4H3,(H,19,22)(H,20,23)/t15-/m1/s1. The molecule has 13 heteroatoms. The van der Waals surface area contributed by atoms with Crippen molar-refractivity contribution in [2.45, 2.75) is 17.4 Å². The average molecular weight is 461 g/mol. The van der Waals surface area contributed by atoms with Gasteiger partial charge in [-0.25, -0.2) is 8.42 Å². The zero-order valence-electron chi connectivity index (χ0n) is 17.7. The Labute approximate surface area is 180 Å². The summed E-state index contributed by atoms with van der Waals surface area (Å²) in [6.07, 6.45) is -1.67. The van der Waals surface area contributed by atoms with Gasteiger partial charge in [-0.1, -0.05) is 0 Å². The quantitative estimate of drug-likeness (QED) is 0.328.